The normalized spacial score (nSPS) is 16.4. The molecule has 23 heavy (non-hydrogen) atoms. The molecule has 0 unspecified atom stereocenters. The quantitative estimate of drug-likeness (QED) is 0.587. The van der Waals surface area contributed by atoms with Crippen molar-refractivity contribution in [2.24, 2.45) is 0 Å². The minimum Gasteiger partial charge on any atom is -0.427 e. The van der Waals surface area contributed by atoms with Crippen LogP contribution in [-0.2, 0) is 4.79 Å². The second kappa shape index (κ2) is 5.55. The molecule has 116 valence electrons. The van der Waals surface area contributed by atoms with E-state index in [0.29, 0.717) is 5.75 Å². The Hall–Kier alpha value is -2.04. The minimum absolute atomic E-state index is 0.285. The van der Waals surface area contributed by atoms with E-state index in [2.05, 4.69) is 42.3 Å². The van der Waals surface area contributed by atoms with Crippen molar-refractivity contribution in [1.29, 1.82) is 0 Å². The topological polar surface area (TPSA) is 29.5 Å². The highest BCUT2D eigenvalue weighted by Gasteiger charge is 2.28. The van der Waals surface area contributed by atoms with Crippen LogP contribution in [0.25, 0.3) is 11.1 Å². The fraction of sp³-hybridized carbons (Fsp3) is 0.211. The molecule has 0 spiro atoms. The summed E-state index contributed by atoms with van der Waals surface area (Å²) in [7, 11) is 2.14. The average molecular weight is 323 g/mol. The van der Waals surface area contributed by atoms with Crippen molar-refractivity contribution in [2.45, 2.75) is 16.7 Å². The zero-order valence-corrected chi connectivity index (χ0v) is 13.9. The van der Waals surface area contributed by atoms with Crippen LogP contribution in [0.15, 0.2) is 52.3 Å². The Morgan fingerprint density at radius 2 is 1.74 bits per heavy atom. The third-order valence-corrected chi connectivity index (χ3v) is 5.34. The summed E-state index contributed by atoms with van der Waals surface area (Å²) in [6.07, 6.45) is 0. The van der Waals surface area contributed by atoms with Crippen LogP contribution in [0.1, 0.15) is 18.1 Å². The first kappa shape index (κ1) is 14.5. The van der Waals surface area contributed by atoms with Crippen molar-refractivity contribution in [3.05, 3.63) is 53.6 Å². The van der Waals surface area contributed by atoms with Crippen LogP contribution in [-0.4, -0.2) is 31.0 Å². The summed E-state index contributed by atoms with van der Waals surface area (Å²) >= 11 is 1.79. The molecule has 4 heteroatoms. The number of benzene rings is 2. The highest BCUT2D eigenvalue weighted by atomic mass is 32.2. The summed E-state index contributed by atoms with van der Waals surface area (Å²) in [5.41, 5.74) is 5.23. The lowest BCUT2D eigenvalue weighted by Gasteiger charge is -2.13. The van der Waals surface area contributed by atoms with Crippen molar-refractivity contribution >= 4 is 28.9 Å². The number of ether oxygens (including phenoxy) is 1. The van der Waals surface area contributed by atoms with Gasteiger partial charge in [0.15, 0.2) is 0 Å². The van der Waals surface area contributed by atoms with Gasteiger partial charge in [-0.1, -0.05) is 30.0 Å². The number of fused-ring (bicyclic) bond motifs is 4. The number of carbonyl (C=O) groups excluding carboxylic acids is 1. The predicted octanol–water partition coefficient (Wildman–Crippen LogP) is 3.93. The number of rotatable bonds is 1. The Labute approximate surface area is 139 Å². The maximum atomic E-state index is 11.3. The van der Waals surface area contributed by atoms with Crippen LogP contribution in [0.2, 0.25) is 0 Å². The summed E-state index contributed by atoms with van der Waals surface area (Å²) in [4.78, 5) is 16.1. The number of hydrogen-bond donors (Lipinski definition) is 0. The smallest absolute Gasteiger partial charge is 0.308 e. The first-order chi connectivity index (χ1) is 11.1. The molecule has 2 aromatic carbocycles. The third kappa shape index (κ3) is 2.58. The Morgan fingerprint density at radius 3 is 2.52 bits per heavy atom. The van der Waals surface area contributed by atoms with Crippen molar-refractivity contribution in [3.8, 4) is 5.75 Å². The molecule has 2 aromatic rings. The fourth-order valence-electron chi connectivity index (χ4n) is 3.27. The van der Waals surface area contributed by atoms with Gasteiger partial charge in [-0.05, 0) is 53.6 Å². The Morgan fingerprint density at radius 1 is 1.04 bits per heavy atom. The lowest BCUT2D eigenvalue weighted by atomic mass is 9.97. The zero-order chi connectivity index (χ0) is 16.0. The summed E-state index contributed by atoms with van der Waals surface area (Å²) < 4.78 is 5.29. The van der Waals surface area contributed by atoms with Gasteiger partial charge in [0, 0.05) is 29.8 Å². The number of hydrogen-bond acceptors (Lipinski definition) is 4. The molecule has 0 aliphatic carbocycles. The summed E-state index contributed by atoms with van der Waals surface area (Å²) in [6, 6.07) is 14.5. The average Bonchev–Trinajstić information content (AvgIpc) is 2.85. The van der Waals surface area contributed by atoms with Gasteiger partial charge in [0.25, 0.3) is 0 Å². The van der Waals surface area contributed by atoms with Crippen LogP contribution < -0.4 is 4.74 Å². The van der Waals surface area contributed by atoms with Crippen molar-refractivity contribution in [3.63, 3.8) is 0 Å². The molecular weight excluding hydrogens is 306 g/mol. The number of esters is 1. The molecule has 0 amide bonds. The molecule has 0 saturated carbocycles. The van der Waals surface area contributed by atoms with Gasteiger partial charge in [0.2, 0.25) is 0 Å². The van der Waals surface area contributed by atoms with Crippen LogP contribution in [0, 0.1) is 0 Å². The first-order valence-electron chi connectivity index (χ1n) is 7.62. The molecule has 0 N–H and O–H groups in total. The first-order valence-corrected chi connectivity index (χ1v) is 8.44. The second-order valence-electron chi connectivity index (χ2n) is 5.98. The molecule has 3 nitrogen and oxygen atoms in total. The van der Waals surface area contributed by atoms with E-state index in [1.807, 2.05) is 12.1 Å². The largest absolute Gasteiger partial charge is 0.427 e. The Balaban J connectivity index is 1.91. The van der Waals surface area contributed by atoms with Crippen LogP contribution in [0.5, 0.6) is 5.75 Å². The van der Waals surface area contributed by atoms with E-state index in [9.17, 15) is 4.79 Å². The van der Waals surface area contributed by atoms with Gasteiger partial charge in [0.05, 0.1) is 0 Å². The minimum atomic E-state index is -0.285. The third-order valence-electron chi connectivity index (χ3n) is 4.19. The molecule has 0 radical (unpaired) electrons. The van der Waals surface area contributed by atoms with E-state index in [1.165, 1.54) is 39.0 Å². The standard InChI is InChI=1S/C19H17NO2S/c1-12(21)22-13-7-8-19-15(9-13)17-11-20(2)10-16(17)14-5-3-4-6-18(14)23-19/h3-9H,10-11H2,1-2H3. The lowest BCUT2D eigenvalue weighted by molar-refractivity contribution is -0.131. The maximum Gasteiger partial charge on any atom is 0.308 e. The van der Waals surface area contributed by atoms with Gasteiger partial charge in [-0.15, -0.1) is 0 Å². The monoisotopic (exact) mass is 323 g/mol. The zero-order valence-electron chi connectivity index (χ0n) is 13.1. The Kier molecular flexibility index (Phi) is 3.51. The van der Waals surface area contributed by atoms with Crippen molar-refractivity contribution in [1.82, 2.24) is 4.90 Å². The molecule has 2 heterocycles. The van der Waals surface area contributed by atoms with E-state index in [1.54, 1.807) is 11.8 Å². The maximum absolute atomic E-state index is 11.3. The SMILES string of the molecule is CC(=O)Oc1ccc2c(c1)C1=C(CN(C)C1)c1ccccc1S2. The highest BCUT2D eigenvalue weighted by molar-refractivity contribution is 7.99. The molecule has 0 atom stereocenters. The van der Waals surface area contributed by atoms with E-state index < -0.39 is 0 Å². The van der Waals surface area contributed by atoms with Crippen molar-refractivity contribution < 1.29 is 9.53 Å². The number of nitrogens with zero attached hydrogens (tertiary/aromatic N) is 1. The molecule has 2 aliphatic rings. The molecular formula is C19H17NO2S. The van der Waals surface area contributed by atoms with Crippen LogP contribution in [0.4, 0.5) is 0 Å². The summed E-state index contributed by atoms with van der Waals surface area (Å²) in [5, 5.41) is 0. The molecule has 0 saturated heterocycles. The Bertz CT molecular complexity index is 841. The molecule has 4 rings (SSSR count). The molecule has 2 aliphatic heterocycles. The summed E-state index contributed by atoms with van der Waals surface area (Å²) in [6.45, 7) is 3.30. The molecule has 0 aromatic heterocycles. The van der Waals surface area contributed by atoms with Gasteiger partial charge in [0.1, 0.15) is 5.75 Å². The fourth-order valence-corrected chi connectivity index (χ4v) is 4.38. The van der Waals surface area contributed by atoms with E-state index in [-0.39, 0.29) is 5.97 Å². The van der Waals surface area contributed by atoms with Crippen molar-refractivity contribution in [2.75, 3.05) is 20.1 Å². The van der Waals surface area contributed by atoms with E-state index >= 15 is 0 Å². The van der Waals surface area contributed by atoms with E-state index in [4.69, 9.17) is 4.74 Å². The van der Waals surface area contributed by atoms with Gasteiger partial charge >= 0.3 is 5.97 Å². The number of carbonyl (C=O) groups is 1. The highest BCUT2D eigenvalue weighted by Crippen LogP contribution is 2.47. The molecule has 0 bridgehead atoms. The predicted molar refractivity (Wildman–Crippen MR) is 92.6 cm³/mol. The van der Waals surface area contributed by atoms with Gasteiger partial charge in [-0.3, -0.25) is 9.69 Å². The van der Waals surface area contributed by atoms with Crippen LogP contribution >= 0.6 is 11.8 Å². The van der Waals surface area contributed by atoms with E-state index in [0.717, 1.165) is 13.1 Å². The summed E-state index contributed by atoms with van der Waals surface area (Å²) in [5.74, 6) is 0.330. The van der Waals surface area contributed by atoms with Gasteiger partial charge in [-0.2, -0.15) is 0 Å². The number of likely N-dealkylation sites (N-methyl/N-ethyl adjacent to an activating group) is 1. The lowest BCUT2D eigenvalue weighted by Crippen LogP contribution is -2.15. The molecule has 0 fully saturated rings. The van der Waals surface area contributed by atoms with Crippen LogP contribution in [0.3, 0.4) is 0 Å². The van der Waals surface area contributed by atoms with Gasteiger partial charge in [-0.25, -0.2) is 0 Å². The van der Waals surface area contributed by atoms with Gasteiger partial charge < -0.3 is 4.74 Å². The second-order valence-corrected chi connectivity index (χ2v) is 7.06.